The number of thioether (sulfide) groups is 1. The summed E-state index contributed by atoms with van der Waals surface area (Å²) in [6.07, 6.45) is 8.92. The second-order valence-corrected chi connectivity index (χ2v) is 8.22. The third kappa shape index (κ3) is 4.06. The normalized spacial score (nSPS) is 16.6. The smallest absolute Gasteiger partial charge is 0.237 e. The summed E-state index contributed by atoms with van der Waals surface area (Å²) in [5, 5.41) is 12.6. The van der Waals surface area contributed by atoms with E-state index in [1.807, 2.05) is 30.0 Å². The molecule has 0 bridgehead atoms. The largest absolute Gasteiger partial charge is 0.494 e. The molecule has 4 rings (SSSR count). The van der Waals surface area contributed by atoms with Crippen molar-refractivity contribution in [1.29, 1.82) is 0 Å². The van der Waals surface area contributed by atoms with Gasteiger partial charge in [-0.15, -0.1) is 5.10 Å². The number of aromatic nitrogens is 4. The molecule has 1 amide bonds. The predicted molar refractivity (Wildman–Crippen MR) is 108 cm³/mol. The Bertz CT molecular complexity index is 890. The Kier molecular flexibility index (Phi) is 5.66. The third-order valence-corrected chi connectivity index (χ3v) is 5.99. The van der Waals surface area contributed by atoms with Crippen molar-refractivity contribution < 1.29 is 9.53 Å². The van der Waals surface area contributed by atoms with E-state index < -0.39 is 0 Å². The second kappa shape index (κ2) is 8.34. The second-order valence-electron chi connectivity index (χ2n) is 7.27. The van der Waals surface area contributed by atoms with Crippen LogP contribution >= 0.6 is 11.8 Å². The van der Waals surface area contributed by atoms with Gasteiger partial charge in [-0.05, 0) is 73.6 Å². The first-order chi connectivity index (χ1) is 13.7. The van der Waals surface area contributed by atoms with E-state index in [1.54, 1.807) is 11.8 Å². The van der Waals surface area contributed by atoms with Gasteiger partial charge in [0.1, 0.15) is 11.4 Å². The van der Waals surface area contributed by atoms with Gasteiger partial charge in [-0.2, -0.15) is 4.68 Å². The number of amides is 1. The first-order valence-corrected chi connectivity index (χ1v) is 10.7. The number of rotatable bonds is 7. The zero-order valence-corrected chi connectivity index (χ0v) is 17.1. The number of methoxy groups -OCH3 is 1. The standard InChI is InChI=1S/C20H25N5O2S/c1-14-8-11-18(27-2)17(12-14)25-20(21-22-23-25)28-13-19(26)24(16-9-10-16)15-6-4-3-5-7-15/h6,8,11-12,16H,3-5,7,9-10,13H2,1-2H3. The summed E-state index contributed by atoms with van der Waals surface area (Å²) < 4.78 is 7.10. The number of carbonyl (C=O) groups is 1. The number of carbonyl (C=O) groups excluding carboxylic acids is 1. The molecule has 0 N–H and O–H groups in total. The van der Waals surface area contributed by atoms with Gasteiger partial charge in [0.05, 0.1) is 12.9 Å². The number of ether oxygens (including phenoxy) is 1. The fraction of sp³-hybridized carbons (Fsp3) is 0.500. The summed E-state index contributed by atoms with van der Waals surface area (Å²) in [5.74, 6) is 1.16. The van der Waals surface area contributed by atoms with Crippen LogP contribution < -0.4 is 4.74 Å². The van der Waals surface area contributed by atoms with Gasteiger partial charge in [0.2, 0.25) is 11.1 Å². The molecular formula is C20H25N5O2S. The zero-order valence-electron chi connectivity index (χ0n) is 16.3. The highest BCUT2D eigenvalue weighted by Gasteiger charge is 2.35. The monoisotopic (exact) mass is 399 g/mol. The molecule has 148 valence electrons. The van der Waals surface area contributed by atoms with E-state index in [2.05, 4.69) is 21.6 Å². The lowest BCUT2D eigenvalue weighted by Crippen LogP contribution is -2.34. The number of allylic oxidation sites excluding steroid dienone is 2. The van der Waals surface area contributed by atoms with E-state index in [9.17, 15) is 4.79 Å². The highest BCUT2D eigenvalue weighted by atomic mass is 32.2. The predicted octanol–water partition coefficient (Wildman–Crippen LogP) is 3.52. The molecule has 0 atom stereocenters. The Morgan fingerprint density at radius 2 is 2.21 bits per heavy atom. The van der Waals surface area contributed by atoms with E-state index >= 15 is 0 Å². The quantitative estimate of drug-likeness (QED) is 0.663. The summed E-state index contributed by atoms with van der Waals surface area (Å²) in [5.41, 5.74) is 3.07. The lowest BCUT2D eigenvalue weighted by Gasteiger charge is -2.27. The number of tetrazole rings is 1. The number of hydrogen-bond acceptors (Lipinski definition) is 6. The lowest BCUT2D eigenvalue weighted by atomic mass is 10.0. The molecule has 7 nitrogen and oxygen atoms in total. The molecule has 0 saturated heterocycles. The topological polar surface area (TPSA) is 73.1 Å². The SMILES string of the molecule is COc1ccc(C)cc1-n1nnnc1SCC(=O)N(C1=CCCCC1)C1CC1. The van der Waals surface area contributed by atoms with Crippen molar-refractivity contribution in [2.24, 2.45) is 0 Å². The van der Waals surface area contributed by atoms with Crippen LogP contribution in [-0.4, -0.2) is 49.9 Å². The van der Waals surface area contributed by atoms with Crippen molar-refractivity contribution in [2.45, 2.75) is 56.6 Å². The minimum Gasteiger partial charge on any atom is -0.494 e. The summed E-state index contributed by atoms with van der Waals surface area (Å²) in [6.45, 7) is 2.01. The van der Waals surface area contributed by atoms with Gasteiger partial charge in [-0.1, -0.05) is 23.9 Å². The molecule has 0 aliphatic heterocycles. The Morgan fingerprint density at radius 1 is 1.36 bits per heavy atom. The van der Waals surface area contributed by atoms with Crippen LogP contribution in [0.1, 0.15) is 44.1 Å². The number of hydrogen-bond donors (Lipinski definition) is 0. The summed E-state index contributed by atoms with van der Waals surface area (Å²) >= 11 is 1.37. The van der Waals surface area contributed by atoms with Gasteiger partial charge in [0.15, 0.2) is 0 Å². The summed E-state index contributed by atoms with van der Waals surface area (Å²) in [7, 11) is 1.63. The molecule has 0 spiro atoms. The minimum absolute atomic E-state index is 0.145. The lowest BCUT2D eigenvalue weighted by molar-refractivity contribution is -0.127. The maximum absolute atomic E-state index is 13.0. The van der Waals surface area contributed by atoms with Gasteiger partial charge >= 0.3 is 0 Å². The molecule has 1 fully saturated rings. The van der Waals surface area contributed by atoms with E-state index in [0.29, 0.717) is 22.7 Å². The van der Waals surface area contributed by atoms with Crippen molar-refractivity contribution in [2.75, 3.05) is 12.9 Å². The van der Waals surface area contributed by atoms with Gasteiger partial charge < -0.3 is 9.64 Å². The highest BCUT2D eigenvalue weighted by Crippen LogP contribution is 2.35. The first-order valence-electron chi connectivity index (χ1n) is 9.74. The fourth-order valence-electron chi connectivity index (χ4n) is 3.55. The molecule has 2 aromatic rings. The summed E-state index contributed by atoms with van der Waals surface area (Å²) in [6, 6.07) is 6.24. The maximum atomic E-state index is 13.0. The number of benzene rings is 1. The molecule has 28 heavy (non-hydrogen) atoms. The van der Waals surface area contributed by atoms with Crippen LogP contribution in [0.4, 0.5) is 0 Å². The van der Waals surface area contributed by atoms with Crippen LogP contribution in [0.25, 0.3) is 5.69 Å². The first kappa shape index (κ1) is 19.0. The van der Waals surface area contributed by atoms with Crippen LogP contribution in [0.2, 0.25) is 0 Å². The molecule has 1 saturated carbocycles. The number of nitrogens with zero attached hydrogens (tertiary/aromatic N) is 5. The molecule has 1 heterocycles. The molecule has 0 radical (unpaired) electrons. The molecule has 1 aromatic carbocycles. The van der Waals surface area contributed by atoms with Crippen molar-refractivity contribution in [1.82, 2.24) is 25.1 Å². The van der Waals surface area contributed by atoms with Gasteiger partial charge in [-0.25, -0.2) is 0 Å². The van der Waals surface area contributed by atoms with Crippen LogP contribution in [0.15, 0.2) is 35.1 Å². The molecule has 2 aliphatic rings. The van der Waals surface area contributed by atoms with Crippen molar-refractivity contribution in [3.8, 4) is 11.4 Å². The average molecular weight is 400 g/mol. The Morgan fingerprint density at radius 3 is 2.93 bits per heavy atom. The molecule has 8 heteroatoms. The van der Waals surface area contributed by atoms with Crippen LogP contribution in [0, 0.1) is 6.92 Å². The molecule has 0 unspecified atom stereocenters. The van der Waals surface area contributed by atoms with Crippen LogP contribution in [0.5, 0.6) is 5.75 Å². The van der Waals surface area contributed by atoms with Gasteiger partial charge in [0, 0.05) is 11.7 Å². The van der Waals surface area contributed by atoms with Crippen LogP contribution in [0.3, 0.4) is 0 Å². The zero-order chi connectivity index (χ0) is 19.5. The number of aryl methyl sites for hydroxylation is 1. The summed E-state index contributed by atoms with van der Waals surface area (Å²) in [4.78, 5) is 15.0. The van der Waals surface area contributed by atoms with E-state index in [4.69, 9.17) is 4.74 Å². The van der Waals surface area contributed by atoms with E-state index in [-0.39, 0.29) is 5.91 Å². The average Bonchev–Trinajstić information content (AvgIpc) is 3.43. The van der Waals surface area contributed by atoms with Crippen molar-refractivity contribution in [3.05, 3.63) is 35.5 Å². The van der Waals surface area contributed by atoms with Crippen molar-refractivity contribution in [3.63, 3.8) is 0 Å². The minimum atomic E-state index is 0.145. The third-order valence-electron chi connectivity index (χ3n) is 5.09. The maximum Gasteiger partial charge on any atom is 0.237 e. The van der Waals surface area contributed by atoms with E-state index in [0.717, 1.165) is 36.9 Å². The fourth-order valence-corrected chi connectivity index (χ4v) is 4.30. The van der Waals surface area contributed by atoms with Gasteiger partial charge in [0.25, 0.3) is 0 Å². The molecule has 1 aromatic heterocycles. The Labute approximate surface area is 169 Å². The molecule has 2 aliphatic carbocycles. The molecular weight excluding hydrogens is 374 g/mol. The Hall–Kier alpha value is -2.35. The van der Waals surface area contributed by atoms with Crippen LogP contribution in [-0.2, 0) is 4.79 Å². The van der Waals surface area contributed by atoms with Crippen molar-refractivity contribution >= 4 is 17.7 Å². The van der Waals surface area contributed by atoms with Gasteiger partial charge in [-0.3, -0.25) is 4.79 Å². The Balaban J connectivity index is 1.50. The highest BCUT2D eigenvalue weighted by molar-refractivity contribution is 7.99. The van der Waals surface area contributed by atoms with E-state index in [1.165, 1.54) is 30.3 Å².